The number of carbonyl (C=O) groups excluding carboxylic acids is 2. The third-order valence-corrected chi connectivity index (χ3v) is 10.4. The van der Waals surface area contributed by atoms with Crippen LogP contribution in [0.1, 0.15) is 49.5 Å². The minimum Gasteiger partial charge on any atom is -0.394 e. The molecule has 23 nitrogen and oxygen atoms in total. The van der Waals surface area contributed by atoms with Crippen molar-refractivity contribution in [1.82, 2.24) is 43.8 Å². The number of carbonyl (C=O) groups is 2. The van der Waals surface area contributed by atoms with Gasteiger partial charge in [0, 0.05) is 35.4 Å². The molecule has 0 radical (unpaired) electrons. The van der Waals surface area contributed by atoms with Gasteiger partial charge in [-0.25, -0.2) is 19.9 Å². The Bertz CT molecular complexity index is 2440. The summed E-state index contributed by atoms with van der Waals surface area (Å²) in [7, 11) is -7.68. The largest absolute Gasteiger partial charge is 0.695 e. The lowest BCUT2D eigenvalue weighted by Crippen LogP contribution is -2.38. The van der Waals surface area contributed by atoms with Gasteiger partial charge in [0.15, 0.2) is 40.5 Å². The highest BCUT2D eigenvalue weighted by Gasteiger charge is 2.45. The number of nitrogens with one attached hydrogen (secondary N) is 4. The summed E-state index contributed by atoms with van der Waals surface area (Å²) >= 11 is 0. The van der Waals surface area contributed by atoms with Crippen LogP contribution in [-0.2, 0) is 37.8 Å². The van der Waals surface area contributed by atoms with Crippen molar-refractivity contribution < 1.29 is 50.8 Å². The van der Waals surface area contributed by atoms with Gasteiger partial charge in [-0.2, -0.15) is 18.1 Å². The minimum atomic E-state index is -4.54. The Balaban J connectivity index is 1.02. The Labute approximate surface area is 317 Å². The summed E-state index contributed by atoms with van der Waals surface area (Å²) < 4.78 is 65.8. The highest BCUT2D eigenvalue weighted by atomic mass is 32.2. The molecule has 1 aromatic carbocycles. The number of rotatable bonds is 14. The number of amides is 2. The number of benzene rings is 1. The van der Waals surface area contributed by atoms with Gasteiger partial charge in [-0.05, 0) is 12.1 Å². The number of hydrogen-bond acceptors (Lipinski definition) is 16. The van der Waals surface area contributed by atoms with Crippen LogP contribution in [-0.4, -0.2) is 107 Å². The van der Waals surface area contributed by atoms with Gasteiger partial charge < -0.3 is 19.9 Å². The number of imidazole rings is 2. The number of ether oxygens (including phenoxy) is 2. The fourth-order valence-corrected chi connectivity index (χ4v) is 7.59. The number of aliphatic hydroxyl groups is 1. The Morgan fingerprint density at radius 3 is 2.50 bits per heavy atom. The summed E-state index contributed by atoms with van der Waals surface area (Å²) in [4.78, 5) is 70.8. The summed E-state index contributed by atoms with van der Waals surface area (Å²) in [5.41, 5.74) is 0.0697. The topological polar surface area (TPSA) is 306 Å². The van der Waals surface area contributed by atoms with Crippen molar-refractivity contribution in [3.8, 4) is 0 Å². The molecule has 2 aliphatic heterocycles. The van der Waals surface area contributed by atoms with Gasteiger partial charge >= 0.3 is 18.6 Å². The quantitative estimate of drug-likeness (QED) is 0.0837. The molecule has 6 heterocycles. The molecule has 2 fully saturated rings. The Hall–Kier alpha value is -5.17. The first kappa shape index (κ1) is 39.1. The van der Waals surface area contributed by atoms with Gasteiger partial charge in [0.05, 0.1) is 25.4 Å². The van der Waals surface area contributed by atoms with Crippen LogP contribution >= 0.6 is 8.25 Å². The van der Waals surface area contributed by atoms with Gasteiger partial charge in [-0.15, -0.1) is 9.42 Å². The van der Waals surface area contributed by atoms with E-state index in [0.29, 0.717) is 5.56 Å². The Morgan fingerprint density at radius 2 is 1.77 bits per heavy atom. The first-order valence-corrected chi connectivity index (χ1v) is 19.6. The molecule has 25 heteroatoms. The lowest BCUT2D eigenvalue weighted by Gasteiger charge is -2.18. The normalized spacial score (nSPS) is 22.9. The summed E-state index contributed by atoms with van der Waals surface area (Å²) in [6, 6.07) is 8.49. The van der Waals surface area contributed by atoms with Crippen LogP contribution in [0.25, 0.3) is 22.3 Å². The molecule has 7 atom stereocenters. The SMILES string of the molecule is CC(C)C(=O)Nc1nc2c(ncn2[C@@H]2O[C@H](CNS(=O)(=O)O[C@H]3C[C@H](n4cnc5c(NC(=O)c6ccccc6)ncnc54)O[C@@H]3CO)C[C@H]2O[P+](=O)O)c(=O)[nH]1. The number of fused-ring (bicyclic) bond motifs is 2. The number of aromatic nitrogens is 8. The molecule has 56 heavy (non-hydrogen) atoms. The molecule has 6 N–H and O–H groups in total. The Kier molecular flexibility index (Phi) is 11.3. The first-order chi connectivity index (χ1) is 26.8. The van der Waals surface area contributed by atoms with E-state index >= 15 is 0 Å². The average Bonchev–Trinajstić information content (AvgIpc) is 3.96. The standard InChI is InChI=1S/C31H34N11O12PS/c1-15(2)27(44)39-31-38-26-23(29(46)40-31)35-14-42(26)30-19(53-55(47)48)8-17(51-30)10-36-56(49,50)54-18-9-21(52-20(18)11-43)41-13-34-22-24(32-12-33-25(22)41)37-28(45)16-6-4-3-5-7-16/h3-7,12-15,17-21,30,36,43H,8-11H2,1-2H3,(H3-,32,33,37,38,39,40,44,45,46,47,48)/p+1/t17-,18-,19+,20+,21+,30+/m0/s1. The maximum Gasteiger partial charge on any atom is 0.695 e. The molecule has 2 aliphatic rings. The lowest BCUT2D eigenvalue weighted by atomic mass is 10.2. The monoisotopic (exact) mass is 816 g/mol. The summed E-state index contributed by atoms with van der Waals surface area (Å²) in [5.74, 6) is -1.29. The van der Waals surface area contributed by atoms with E-state index < -0.39 is 91.9 Å². The fourth-order valence-electron chi connectivity index (χ4n) is 6.19. The molecule has 296 valence electrons. The van der Waals surface area contributed by atoms with E-state index in [0.717, 1.165) is 0 Å². The molecule has 7 rings (SSSR count). The predicted octanol–water partition coefficient (Wildman–Crippen LogP) is 0.628. The summed E-state index contributed by atoms with van der Waals surface area (Å²) in [6.45, 7) is 2.31. The van der Waals surface area contributed by atoms with Crippen molar-refractivity contribution in [3.05, 3.63) is 65.2 Å². The van der Waals surface area contributed by atoms with Gasteiger partial charge in [0.25, 0.3) is 11.5 Å². The molecular weight excluding hydrogens is 781 g/mol. The third kappa shape index (κ3) is 8.33. The number of anilines is 2. The first-order valence-electron chi connectivity index (χ1n) is 17.0. The molecule has 1 unspecified atom stereocenters. The smallest absolute Gasteiger partial charge is 0.394 e. The van der Waals surface area contributed by atoms with Crippen LogP contribution in [0, 0.1) is 5.92 Å². The number of aliphatic hydroxyl groups excluding tert-OH is 1. The summed E-state index contributed by atoms with van der Waals surface area (Å²) in [6.07, 6.45) is -2.76. The molecule has 2 amide bonds. The van der Waals surface area contributed by atoms with E-state index in [-0.39, 0.29) is 46.9 Å². The van der Waals surface area contributed by atoms with E-state index in [1.165, 1.54) is 28.1 Å². The third-order valence-electron chi connectivity index (χ3n) is 8.88. The van der Waals surface area contributed by atoms with Crippen LogP contribution in [0.15, 0.2) is 54.1 Å². The van der Waals surface area contributed by atoms with Crippen LogP contribution in [0.4, 0.5) is 11.8 Å². The maximum atomic E-state index is 13.2. The zero-order chi connectivity index (χ0) is 39.7. The van der Waals surface area contributed by atoms with Crippen molar-refractivity contribution in [3.63, 3.8) is 0 Å². The molecule has 4 aromatic heterocycles. The van der Waals surface area contributed by atoms with Crippen molar-refractivity contribution in [2.75, 3.05) is 23.8 Å². The van der Waals surface area contributed by atoms with Gasteiger partial charge in [0.2, 0.25) is 11.9 Å². The molecule has 0 bridgehead atoms. The summed E-state index contributed by atoms with van der Waals surface area (Å²) in [5, 5.41) is 15.3. The van der Waals surface area contributed by atoms with Crippen LogP contribution in [0.3, 0.4) is 0 Å². The Morgan fingerprint density at radius 1 is 1.02 bits per heavy atom. The predicted molar refractivity (Wildman–Crippen MR) is 192 cm³/mol. The van der Waals surface area contributed by atoms with Crippen LogP contribution < -0.4 is 20.9 Å². The fraction of sp³-hybridized carbons (Fsp3) is 0.419. The zero-order valence-corrected chi connectivity index (χ0v) is 31.2. The molecule has 0 saturated carbocycles. The highest BCUT2D eigenvalue weighted by molar-refractivity contribution is 7.84. The lowest BCUT2D eigenvalue weighted by molar-refractivity contribution is -0.118. The molecule has 0 aliphatic carbocycles. The zero-order valence-electron chi connectivity index (χ0n) is 29.5. The van der Waals surface area contributed by atoms with E-state index in [1.807, 2.05) is 0 Å². The van der Waals surface area contributed by atoms with E-state index in [9.17, 15) is 37.4 Å². The molecular formula is C31H35N11O12PS+. The van der Waals surface area contributed by atoms with Crippen LogP contribution in [0.2, 0.25) is 0 Å². The van der Waals surface area contributed by atoms with Crippen LogP contribution in [0.5, 0.6) is 0 Å². The van der Waals surface area contributed by atoms with E-state index in [1.54, 1.807) is 44.2 Å². The van der Waals surface area contributed by atoms with Gasteiger partial charge in [-0.1, -0.05) is 32.0 Å². The second-order valence-corrected chi connectivity index (χ2v) is 15.1. The number of nitrogens with zero attached hydrogens (tertiary/aromatic N) is 7. The van der Waals surface area contributed by atoms with Crippen molar-refractivity contribution in [2.24, 2.45) is 5.92 Å². The number of aromatic amines is 1. The highest BCUT2D eigenvalue weighted by Crippen LogP contribution is 2.38. The molecule has 0 spiro atoms. The maximum absolute atomic E-state index is 13.2. The number of H-pyrrole nitrogens is 1. The second-order valence-electron chi connectivity index (χ2n) is 13.0. The van der Waals surface area contributed by atoms with Crippen molar-refractivity contribution >= 4 is 64.5 Å². The minimum absolute atomic E-state index is 0.0414. The van der Waals surface area contributed by atoms with E-state index in [4.69, 9.17) is 18.2 Å². The molecule has 5 aromatic rings. The molecule has 2 saturated heterocycles. The van der Waals surface area contributed by atoms with Gasteiger partial charge in [0.1, 0.15) is 24.8 Å². The van der Waals surface area contributed by atoms with E-state index in [2.05, 4.69) is 45.3 Å². The average molecular weight is 817 g/mol. The number of hydrogen-bond donors (Lipinski definition) is 6. The second kappa shape index (κ2) is 16.1. The van der Waals surface area contributed by atoms with Crippen molar-refractivity contribution in [1.29, 1.82) is 0 Å². The van der Waals surface area contributed by atoms with Crippen molar-refractivity contribution in [2.45, 2.75) is 63.6 Å². The van der Waals surface area contributed by atoms with Gasteiger partial charge in [-0.3, -0.25) is 38.0 Å².